The lowest BCUT2D eigenvalue weighted by Crippen LogP contribution is -2.25. The molecule has 2 aromatic heterocycles. The molecule has 7 nitrogen and oxygen atoms in total. The molecule has 0 aliphatic heterocycles. The third-order valence-electron chi connectivity index (χ3n) is 3.67. The van der Waals surface area contributed by atoms with Gasteiger partial charge >= 0.3 is 6.18 Å². The molecule has 1 N–H and O–H groups in total. The van der Waals surface area contributed by atoms with Gasteiger partial charge in [-0.2, -0.15) is 18.3 Å². The van der Waals surface area contributed by atoms with Crippen LogP contribution in [-0.2, 0) is 18.0 Å². The summed E-state index contributed by atoms with van der Waals surface area (Å²) in [4.78, 5) is 12.3. The summed E-state index contributed by atoms with van der Waals surface area (Å²) in [6.07, 6.45) is -2.17. The van der Waals surface area contributed by atoms with Gasteiger partial charge in [-0.15, -0.1) is 10.2 Å². The molecule has 2 atom stereocenters. The highest BCUT2D eigenvalue weighted by molar-refractivity contribution is 8.00. The number of amides is 1. The molecule has 0 bridgehead atoms. The largest absolute Gasteiger partial charge is 0.451 e. The lowest BCUT2D eigenvalue weighted by atomic mass is 10.3. The molecule has 138 valence electrons. The number of halogens is 3. The Labute approximate surface area is 147 Å². The Balaban J connectivity index is 2.07. The molecule has 0 aliphatic rings. The fraction of sp³-hybridized carbons (Fsp3) is 0.571. The van der Waals surface area contributed by atoms with E-state index in [-0.39, 0.29) is 17.1 Å². The van der Waals surface area contributed by atoms with Crippen molar-refractivity contribution in [1.29, 1.82) is 0 Å². The molecule has 0 saturated heterocycles. The Kier molecular flexibility index (Phi) is 5.76. The van der Waals surface area contributed by atoms with Crippen LogP contribution in [-0.4, -0.2) is 35.7 Å². The summed E-state index contributed by atoms with van der Waals surface area (Å²) >= 11 is 0.905. The molecule has 2 aromatic rings. The van der Waals surface area contributed by atoms with Gasteiger partial charge in [0.05, 0.1) is 17.5 Å². The Bertz CT molecular complexity index is 741. The maximum Gasteiger partial charge on any atom is 0.451 e. The van der Waals surface area contributed by atoms with Crippen LogP contribution in [0.2, 0.25) is 0 Å². The molecular formula is C14H19F3N6OS. The highest BCUT2D eigenvalue weighted by Crippen LogP contribution is 2.31. The molecule has 0 aliphatic carbocycles. The normalized spacial score (nSPS) is 14.4. The minimum atomic E-state index is -4.59. The van der Waals surface area contributed by atoms with Gasteiger partial charge in [-0.05, 0) is 20.3 Å². The van der Waals surface area contributed by atoms with Crippen molar-refractivity contribution in [2.45, 2.75) is 49.8 Å². The zero-order valence-corrected chi connectivity index (χ0v) is 15.0. The SMILES string of the molecule is CC[C@H](C)n1nccc1NC(=O)[C@@H](C)Sc1nnc(C(F)(F)F)n1C. The van der Waals surface area contributed by atoms with Crippen LogP contribution in [0.15, 0.2) is 17.4 Å². The summed E-state index contributed by atoms with van der Waals surface area (Å²) < 4.78 is 40.8. The van der Waals surface area contributed by atoms with Crippen LogP contribution < -0.4 is 5.32 Å². The molecule has 0 unspecified atom stereocenters. The first-order chi connectivity index (χ1) is 11.6. The third kappa shape index (κ3) is 4.33. The Morgan fingerprint density at radius 1 is 1.36 bits per heavy atom. The van der Waals surface area contributed by atoms with Crippen LogP contribution in [0.5, 0.6) is 0 Å². The summed E-state index contributed by atoms with van der Waals surface area (Å²) in [5.41, 5.74) is 0. The number of carbonyl (C=O) groups excluding carboxylic acids is 1. The lowest BCUT2D eigenvalue weighted by molar-refractivity contribution is -0.147. The van der Waals surface area contributed by atoms with E-state index in [1.54, 1.807) is 23.9 Å². The number of aromatic nitrogens is 5. The van der Waals surface area contributed by atoms with Gasteiger partial charge in [-0.25, -0.2) is 4.68 Å². The number of nitrogens with zero attached hydrogens (tertiary/aromatic N) is 5. The van der Waals surface area contributed by atoms with Crippen LogP contribution in [0.4, 0.5) is 19.0 Å². The average Bonchev–Trinajstić information content (AvgIpc) is 3.13. The van der Waals surface area contributed by atoms with Crippen LogP contribution in [0.3, 0.4) is 0 Å². The summed E-state index contributed by atoms with van der Waals surface area (Å²) in [7, 11) is 1.22. The first kappa shape index (κ1) is 19.3. The van der Waals surface area contributed by atoms with Gasteiger partial charge in [0.25, 0.3) is 0 Å². The monoisotopic (exact) mass is 376 g/mol. The van der Waals surface area contributed by atoms with Crippen LogP contribution in [0, 0.1) is 0 Å². The second-order valence-corrected chi connectivity index (χ2v) is 6.84. The van der Waals surface area contributed by atoms with E-state index in [4.69, 9.17) is 0 Å². The smallest absolute Gasteiger partial charge is 0.310 e. The predicted molar refractivity (Wildman–Crippen MR) is 87.2 cm³/mol. The summed E-state index contributed by atoms with van der Waals surface area (Å²) in [6, 6.07) is 1.78. The molecule has 11 heteroatoms. The predicted octanol–water partition coefficient (Wildman–Crippen LogP) is 3.12. The third-order valence-corrected chi connectivity index (χ3v) is 4.80. The second-order valence-electron chi connectivity index (χ2n) is 5.53. The number of carbonyl (C=O) groups is 1. The van der Waals surface area contributed by atoms with Gasteiger partial charge in [0.1, 0.15) is 5.82 Å². The molecule has 0 spiro atoms. The number of alkyl halides is 3. The minimum absolute atomic E-state index is 0.0189. The molecule has 25 heavy (non-hydrogen) atoms. The summed E-state index contributed by atoms with van der Waals surface area (Å²) in [6.45, 7) is 5.56. The average molecular weight is 376 g/mol. The molecule has 0 fully saturated rings. The van der Waals surface area contributed by atoms with Gasteiger partial charge in [-0.1, -0.05) is 18.7 Å². The number of thioether (sulfide) groups is 1. The minimum Gasteiger partial charge on any atom is -0.310 e. The first-order valence-corrected chi connectivity index (χ1v) is 8.50. The van der Waals surface area contributed by atoms with Gasteiger partial charge in [0.2, 0.25) is 11.7 Å². The molecule has 0 saturated carbocycles. The van der Waals surface area contributed by atoms with Crippen molar-refractivity contribution in [2.24, 2.45) is 7.05 Å². The van der Waals surface area contributed by atoms with Crippen LogP contribution in [0.25, 0.3) is 0 Å². The molecular weight excluding hydrogens is 357 g/mol. The van der Waals surface area contributed by atoms with Crippen molar-refractivity contribution in [1.82, 2.24) is 24.5 Å². The van der Waals surface area contributed by atoms with Gasteiger partial charge in [0, 0.05) is 13.1 Å². The molecule has 0 radical (unpaired) electrons. The summed E-state index contributed by atoms with van der Waals surface area (Å²) in [5.74, 6) is -0.912. The molecule has 0 aromatic carbocycles. The standard InChI is InChI=1S/C14H19F3N6OS/c1-5-8(2)23-10(6-7-18-23)19-11(24)9(3)25-13-21-20-12(22(13)4)14(15,16)17/h6-9H,5H2,1-4H3,(H,19,24)/t8-,9+/m0/s1. The van der Waals surface area contributed by atoms with E-state index in [9.17, 15) is 18.0 Å². The number of anilines is 1. The number of nitrogens with one attached hydrogen (secondary N) is 1. The molecule has 2 rings (SSSR count). The van der Waals surface area contributed by atoms with Crippen molar-refractivity contribution in [3.8, 4) is 0 Å². The van der Waals surface area contributed by atoms with Crippen molar-refractivity contribution in [2.75, 3.05) is 5.32 Å². The van der Waals surface area contributed by atoms with E-state index in [1.165, 1.54) is 7.05 Å². The van der Waals surface area contributed by atoms with Crippen LogP contribution in [0.1, 0.15) is 39.1 Å². The van der Waals surface area contributed by atoms with Gasteiger partial charge < -0.3 is 9.88 Å². The van der Waals surface area contributed by atoms with Crippen molar-refractivity contribution in [3.05, 3.63) is 18.1 Å². The van der Waals surface area contributed by atoms with E-state index >= 15 is 0 Å². The molecule has 2 heterocycles. The maximum atomic E-state index is 12.7. The van der Waals surface area contributed by atoms with Crippen molar-refractivity contribution in [3.63, 3.8) is 0 Å². The van der Waals surface area contributed by atoms with E-state index < -0.39 is 17.3 Å². The molecule has 1 amide bonds. The summed E-state index contributed by atoms with van der Waals surface area (Å²) in [5, 5.41) is 12.9. The van der Waals surface area contributed by atoms with Crippen molar-refractivity contribution >= 4 is 23.5 Å². The van der Waals surface area contributed by atoms with Crippen molar-refractivity contribution < 1.29 is 18.0 Å². The van der Waals surface area contributed by atoms with E-state index in [0.717, 1.165) is 22.7 Å². The zero-order chi connectivity index (χ0) is 18.8. The lowest BCUT2D eigenvalue weighted by Gasteiger charge is -2.16. The Morgan fingerprint density at radius 3 is 2.60 bits per heavy atom. The van der Waals surface area contributed by atoms with Gasteiger partial charge in [-0.3, -0.25) is 4.79 Å². The Hall–Kier alpha value is -2.04. The topological polar surface area (TPSA) is 77.6 Å². The van der Waals surface area contributed by atoms with Gasteiger partial charge in [0.15, 0.2) is 5.16 Å². The van der Waals surface area contributed by atoms with E-state index in [2.05, 4.69) is 20.6 Å². The Morgan fingerprint density at radius 2 is 2.04 bits per heavy atom. The highest BCUT2D eigenvalue weighted by atomic mass is 32.2. The van der Waals surface area contributed by atoms with E-state index in [0.29, 0.717) is 5.82 Å². The highest BCUT2D eigenvalue weighted by Gasteiger charge is 2.38. The number of hydrogen-bond acceptors (Lipinski definition) is 5. The zero-order valence-electron chi connectivity index (χ0n) is 14.2. The first-order valence-electron chi connectivity index (χ1n) is 7.62. The second kappa shape index (κ2) is 7.46. The maximum absolute atomic E-state index is 12.7. The number of hydrogen-bond donors (Lipinski definition) is 1. The van der Waals surface area contributed by atoms with Crippen LogP contribution >= 0.6 is 11.8 Å². The quantitative estimate of drug-likeness (QED) is 0.784. The fourth-order valence-electron chi connectivity index (χ4n) is 2.04. The van der Waals surface area contributed by atoms with E-state index in [1.807, 2.05) is 13.8 Å². The number of rotatable bonds is 6. The fourth-order valence-corrected chi connectivity index (χ4v) is 2.86.